The number of carboxylic acid groups (broad SMARTS) is 1. The Morgan fingerprint density at radius 3 is 2.22 bits per heavy atom. The zero-order valence-electron chi connectivity index (χ0n) is 28.2. The molecule has 11 nitrogen and oxygen atoms in total. The standard InChI is InChI=1S/C39H38N6O5/c1-23-28(7-5-9-30(23)37-42-33-20-45(21-34(33)49-37)35(46)22-43-12-3-4-13-43)29-8-6-10-31(24(29)2)38-41-32-16-25(15-27(17-40)36(32)50-38)18-44-14-11-26(19-44)39(47)48/h5-10,15-16,26H,3-4,11-14,18-22H2,1-2H3,(H,47,48)/t26-/m1/s1. The topological polar surface area (TPSA) is 140 Å². The maximum absolute atomic E-state index is 12.9. The van der Waals surface area contributed by atoms with Crippen molar-refractivity contribution in [1.29, 1.82) is 5.26 Å². The molecule has 254 valence electrons. The van der Waals surface area contributed by atoms with Gasteiger partial charge in [-0.25, -0.2) is 9.97 Å². The highest BCUT2D eigenvalue weighted by Crippen LogP contribution is 2.39. The van der Waals surface area contributed by atoms with E-state index in [1.165, 1.54) is 0 Å². The number of oxazole rings is 2. The highest BCUT2D eigenvalue weighted by Gasteiger charge is 2.31. The van der Waals surface area contributed by atoms with Crippen LogP contribution in [0, 0.1) is 31.1 Å². The minimum absolute atomic E-state index is 0.121. The lowest BCUT2D eigenvalue weighted by atomic mass is 9.91. The Bertz CT molecular complexity index is 2170. The lowest BCUT2D eigenvalue weighted by molar-refractivity contribution is -0.141. The monoisotopic (exact) mass is 670 g/mol. The second-order valence-corrected chi connectivity index (χ2v) is 13.8. The fourth-order valence-corrected chi connectivity index (χ4v) is 7.70. The van der Waals surface area contributed by atoms with Crippen LogP contribution in [-0.4, -0.2) is 74.4 Å². The van der Waals surface area contributed by atoms with Crippen LogP contribution in [0.1, 0.15) is 53.0 Å². The molecule has 0 aliphatic carbocycles. The van der Waals surface area contributed by atoms with Gasteiger partial charge in [-0.05, 0) is 105 Å². The Hall–Kier alpha value is -5.31. The van der Waals surface area contributed by atoms with E-state index >= 15 is 0 Å². The largest absolute Gasteiger partial charge is 0.481 e. The highest BCUT2D eigenvalue weighted by molar-refractivity contribution is 5.85. The summed E-state index contributed by atoms with van der Waals surface area (Å²) in [5, 5.41) is 19.4. The van der Waals surface area contributed by atoms with Crippen LogP contribution in [0.4, 0.5) is 0 Å². The average Bonchev–Trinajstić information content (AvgIpc) is 3.94. The number of carboxylic acids is 1. The van der Waals surface area contributed by atoms with E-state index in [0.717, 1.165) is 76.3 Å². The number of likely N-dealkylation sites (tertiary alicyclic amines) is 2. The number of carbonyl (C=O) groups is 2. The van der Waals surface area contributed by atoms with Crippen molar-refractivity contribution >= 4 is 23.0 Å². The molecule has 2 aromatic heterocycles. The summed E-state index contributed by atoms with van der Waals surface area (Å²) in [6, 6.07) is 18.1. The van der Waals surface area contributed by atoms with Crippen LogP contribution in [0.2, 0.25) is 0 Å². The molecule has 2 saturated heterocycles. The van der Waals surface area contributed by atoms with Gasteiger partial charge in [-0.2, -0.15) is 5.26 Å². The van der Waals surface area contributed by atoms with E-state index in [-0.39, 0.29) is 11.8 Å². The van der Waals surface area contributed by atoms with Gasteiger partial charge in [0.15, 0.2) is 5.58 Å². The number of carbonyl (C=O) groups excluding carboxylic acids is 1. The van der Waals surface area contributed by atoms with Crippen LogP contribution in [-0.2, 0) is 29.2 Å². The van der Waals surface area contributed by atoms with Gasteiger partial charge < -0.3 is 18.8 Å². The Balaban J connectivity index is 1.05. The highest BCUT2D eigenvalue weighted by atomic mass is 16.4. The van der Waals surface area contributed by atoms with Gasteiger partial charge in [-0.3, -0.25) is 19.4 Å². The maximum atomic E-state index is 12.9. The lowest BCUT2D eigenvalue weighted by Gasteiger charge is -2.20. The third-order valence-corrected chi connectivity index (χ3v) is 10.5. The molecule has 1 atom stereocenters. The van der Waals surface area contributed by atoms with E-state index in [9.17, 15) is 20.0 Å². The first-order valence-electron chi connectivity index (χ1n) is 17.2. The van der Waals surface area contributed by atoms with Gasteiger partial charge >= 0.3 is 5.97 Å². The molecular weight excluding hydrogens is 632 g/mol. The number of benzene rings is 3. The first-order chi connectivity index (χ1) is 24.2. The molecular formula is C39H38N6O5. The third kappa shape index (κ3) is 5.84. The van der Waals surface area contributed by atoms with Gasteiger partial charge in [0.2, 0.25) is 17.7 Å². The summed E-state index contributed by atoms with van der Waals surface area (Å²) >= 11 is 0. The van der Waals surface area contributed by atoms with E-state index < -0.39 is 5.97 Å². The summed E-state index contributed by atoms with van der Waals surface area (Å²) in [6.07, 6.45) is 2.93. The molecule has 8 rings (SSSR count). The van der Waals surface area contributed by atoms with Crippen LogP contribution in [0.3, 0.4) is 0 Å². The minimum atomic E-state index is -0.768. The average molecular weight is 671 g/mol. The molecule has 0 spiro atoms. The molecule has 11 heteroatoms. The van der Waals surface area contributed by atoms with E-state index in [4.69, 9.17) is 18.8 Å². The van der Waals surface area contributed by atoms with E-state index in [2.05, 4.69) is 34.9 Å². The molecule has 5 aromatic rings. The van der Waals surface area contributed by atoms with Crippen molar-refractivity contribution in [3.63, 3.8) is 0 Å². The second-order valence-electron chi connectivity index (χ2n) is 13.8. The zero-order chi connectivity index (χ0) is 34.5. The molecule has 3 aliphatic rings. The van der Waals surface area contributed by atoms with Crippen LogP contribution in [0.25, 0.3) is 45.1 Å². The molecule has 0 bridgehead atoms. The van der Waals surface area contributed by atoms with E-state index in [1.807, 2.05) is 48.2 Å². The number of fused-ring (bicyclic) bond motifs is 2. The van der Waals surface area contributed by atoms with Crippen molar-refractivity contribution in [1.82, 2.24) is 24.7 Å². The third-order valence-electron chi connectivity index (χ3n) is 10.5. The van der Waals surface area contributed by atoms with Gasteiger partial charge in [0.1, 0.15) is 23.0 Å². The van der Waals surface area contributed by atoms with Crippen molar-refractivity contribution in [2.45, 2.75) is 52.7 Å². The maximum Gasteiger partial charge on any atom is 0.307 e. The molecule has 50 heavy (non-hydrogen) atoms. The van der Waals surface area contributed by atoms with Crippen molar-refractivity contribution in [2.24, 2.45) is 5.92 Å². The molecule has 0 unspecified atom stereocenters. The number of nitriles is 1. The summed E-state index contributed by atoms with van der Waals surface area (Å²) in [6.45, 7) is 9.18. The smallest absolute Gasteiger partial charge is 0.307 e. The molecule has 1 amide bonds. The molecule has 5 heterocycles. The fraction of sp³-hybridized carbons (Fsp3) is 0.359. The van der Waals surface area contributed by atoms with E-state index in [1.54, 1.807) is 0 Å². The first-order valence-corrected chi connectivity index (χ1v) is 17.2. The summed E-state index contributed by atoms with van der Waals surface area (Å²) in [7, 11) is 0. The molecule has 0 saturated carbocycles. The molecule has 2 fully saturated rings. The second kappa shape index (κ2) is 12.9. The van der Waals surface area contributed by atoms with Gasteiger partial charge in [0.25, 0.3) is 0 Å². The number of nitrogens with zero attached hydrogens (tertiary/aromatic N) is 6. The van der Waals surface area contributed by atoms with Crippen LogP contribution < -0.4 is 0 Å². The Labute approximate surface area is 289 Å². The van der Waals surface area contributed by atoms with E-state index in [0.29, 0.717) is 74.1 Å². The number of aromatic nitrogens is 2. The van der Waals surface area contributed by atoms with Crippen LogP contribution in [0.5, 0.6) is 0 Å². The SMILES string of the molecule is Cc1c(-c2nc3c(o2)CN(C(=O)CN2CCCC2)C3)cccc1-c1cccc(-c2nc3cc(CN4CC[C@@H](C(=O)O)C4)cc(C#N)c3o2)c1C. The Kier molecular flexibility index (Phi) is 8.21. The number of amides is 1. The van der Waals surface area contributed by atoms with Gasteiger partial charge in [0, 0.05) is 24.2 Å². The van der Waals surface area contributed by atoms with Crippen molar-refractivity contribution in [2.75, 3.05) is 32.7 Å². The fourth-order valence-electron chi connectivity index (χ4n) is 7.70. The number of aliphatic carboxylic acids is 1. The first kappa shape index (κ1) is 31.9. The summed E-state index contributed by atoms with van der Waals surface area (Å²) in [4.78, 5) is 40.2. The normalized spacial score (nSPS) is 17.9. The minimum Gasteiger partial charge on any atom is -0.481 e. The zero-order valence-corrected chi connectivity index (χ0v) is 28.2. The van der Waals surface area contributed by atoms with Gasteiger partial charge in [0.05, 0.1) is 31.1 Å². The van der Waals surface area contributed by atoms with Crippen LogP contribution >= 0.6 is 0 Å². The predicted octanol–water partition coefficient (Wildman–Crippen LogP) is 6.15. The van der Waals surface area contributed by atoms with Gasteiger partial charge in [-0.1, -0.05) is 24.3 Å². The summed E-state index contributed by atoms with van der Waals surface area (Å²) < 4.78 is 12.5. The van der Waals surface area contributed by atoms with Crippen molar-refractivity contribution in [3.8, 4) is 40.1 Å². The summed E-state index contributed by atoms with van der Waals surface area (Å²) in [5.74, 6) is 0.726. The Morgan fingerprint density at radius 1 is 0.900 bits per heavy atom. The number of hydrogen-bond acceptors (Lipinski definition) is 9. The number of rotatable bonds is 8. The molecule has 3 aromatic carbocycles. The van der Waals surface area contributed by atoms with Gasteiger partial charge in [-0.15, -0.1) is 0 Å². The molecule has 1 N–H and O–H groups in total. The van der Waals surface area contributed by atoms with Crippen LogP contribution in [0.15, 0.2) is 57.4 Å². The predicted molar refractivity (Wildman–Crippen MR) is 186 cm³/mol. The molecule has 3 aliphatic heterocycles. The molecule has 0 radical (unpaired) electrons. The van der Waals surface area contributed by atoms with Crippen molar-refractivity contribution in [3.05, 3.63) is 82.2 Å². The lowest BCUT2D eigenvalue weighted by Crippen LogP contribution is -2.36. The quantitative estimate of drug-likeness (QED) is 0.204. The Morgan fingerprint density at radius 2 is 1.58 bits per heavy atom. The number of hydrogen-bond donors (Lipinski definition) is 1. The summed E-state index contributed by atoms with van der Waals surface area (Å²) in [5.41, 5.74) is 8.94. The van der Waals surface area contributed by atoms with Crippen molar-refractivity contribution < 1.29 is 23.5 Å².